The quantitative estimate of drug-likeness (QED) is 0.0423. The first-order chi connectivity index (χ1) is 23.0. The number of hydrogen-bond donors (Lipinski definition) is 1. The maximum absolute atomic E-state index is 12.8. The number of methoxy groups -OCH3 is 1. The van der Waals surface area contributed by atoms with Crippen LogP contribution in [0.3, 0.4) is 0 Å². The maximum atomic E-state index is 12.8. The van der Waals surface area contributed by atoms with E-state index in [1.807, 2.05) is 24.3 Å². The number of benzene rings is 1. The minimum atomic E-state index is 0. The molecular weight excluding hydrogens is 703 g/mol. The Labute approximate surface area is 317 Å². The number of ether oxygens (including phenoxy) is 1. The summed E-state index contributed by atoms with van der Waals surface area (Å²) in [5.41, 5.74) is 0.707. The summed E-state index contributed by atoms with van der Waals surface area (Å²) in [7, 11) is 4.09. The first-order valence-corrected chi connectivity index (χ1v) is 20.8. The van der Waals surface area contributed by atoms with Gasteiger partial charge in [0, 0.05) is 5.56 Å². The molecule has 5 heteroatoms. The molecule has 0 atom stereocenters. The number of amides is 1. The van der Waals surface area contributed by atoms with Crippen molar-refractivity contribution >= 4 is 5.91 Å². The van der Waals surface area contributed by atoms with E-state index in [9.17, 15) is 4.79 Å². The topological polar surface area (TPSA) is 38.3 Å². The number of carbonyl (C=O) groups excluding carboxylic acids is 1. The van der Waals surface area contributed by atoms with Crippen LogP contribution in [0.5, 0.6) is 5.75 Å². The van der Waals surface area contributed by atoms with E-state index in [1.54, 1.807) is 7.11 Å². The summed E-state index contributed by atoms with van der Waals surface area (Å²) >= 11 is 0. The summed E-state index contributed by atoms with van der Waals surface area (Å²) in [6.45, 7) is 8.81. The summed E-state index contributed by atoms with van der Waals surface area (Å²) in [6.07, 6.45) is 39.4. The van der Waals surface area contributed by atoms with Gasteiger partial charge in [0.05, 0.1) is 40.3 Å². The highest BCUT2D eigenvalue weighted by Gasteiger charge is 2.21. The molecule has 1 rings (SSSR count). The van der Waals surface area contributed by atoms with E-state index in [1.165, 1.54) is 193 Å². The van der Waals surface area contributed by atoms with Crippen LogP contribution in [0.1, 0.15) is 204 Å². The van der Waals surface area contributed by atoms with Crippen molar-refractivity contribution in [2.75, 3.05) is 40.3 Å². The fourth-order valence-electron chi connectivity index (χ4n) is 7.00. The molecule has 4 nitrogen and oxygen atoms in total. The van der Waals surface area contributed by atoms with Crippen molar-refractivity contribution in [1.29, 1.82) is 0 Å². The number of likely N-dealkylation sites (N-methyl/N-ethyl adjacent to an activating group) is 1. The Bertz CT molecular complexity index is 784. The predicted octanol–water partition coefficient (Wildman–Crippen LogP) is 9.84. The van der Waals surface area contributed by atoms with Crippen LogP contribution in [-0.2, 0) is 0 Å². The molecule has 0 spiro atoms. The van der Waals surface area contributed by atoms with Crippen LogP contribution in [0.15, 0.2) is 24.3 Å². The predicted molar refractivity (Wildman–Crippen MR) is 207 cm³/mol. The molecule has 0 saturated carbocycles. The van der Waals surface area contributed by atoms with E-state index in [0.717, 1.165) is 23.3 Å². The van der Waals surface area contributed by atoms with Gasteiger partial charge in [0.1, 0.15) is 5.75 Å². The van der Waals surface area contributed by atoms with E-state index in [-0.39, 0.29) is 29.9 Å². The van der Waals surface area contributed by atoms with E-state index in [2.05, 4.69) is 26.2 Å². The first-order valence-electron chi connectivity index (χ1n) is 20.8. The minimum Gasteiger partial charge on any atom is -1.00 e. The van der Waals surface area contributed by atoms with Crippen LogP contribution in [0.4, 0.5) is 0 Å². The van der Waals surface area contributed by atoms with Crippen LogP contribution >= 0.6 is 0 Å². The van der Waals surface area contributed by atoms with Gasteiger partial charge in [-0.3, -0.25) is 4.79 Å². The normalized spacial score (nSPS) is 11.4. The zero-order valence-electron chi connectivity index (χ0n) is 32.6. The molecule has 1 aromatic carbocycles. The van der Waals surface area contributed by atoms with Gasteiger partial charge in [-0.15, -0.1) is 0 Å². The summed E-state index contributed by atoms with van der Waals surface area (Å²) in [4.78, 5) is 12.8. The number of quaternary nitrogens is 1. The lowest BCUT2D eigenvalue weighted by Crippen LogP contribution is -3.00. The van der Waals surface area contributed by atoms with Crippen molar-refractivity contribution in [3.05, 3.63) is 29.8 Å². The zero-order valence-corrected chi connectivity index (χ0v) is 34.7. The average molecular weight is 785 g/mol. The van der Waals surface area contributed by atoms with Gasteiger partial charge in [-0.25, -0.2) is 0 Å². The zero-order chi connectivity index (χ0) is 34.1. The number of unbranched alkanes of at least 4 members (excludes halogenated alkanes) is 26. The number of hydrogen-bond acceptors (Lipinski definition) is 2. The van der Waals surface area contributed by atoms with Gasteiger partial charge in [0.25, 0.3) is 5.91 Å². The molecule has 1 aromatic rings. The molecule has 48 heavy (non-hydrogen) atoms. The summed E-state index contributed by atoms with van der Waals surface area (Å²) in [5, 5.41) is 3.20. The molecule has 0 heterocycles. The molecule has 0 radical (unpaired) electrons. The number of carbonyl (C=O) groups is 1. The summed E-state index contributed by atoms with van der Waals surface area (Å²) in [6, 6.07) is 7.43. The van der Waals surface area contributed by atoms with Crippen molar-refractivity contribution in [2.45, 2.75) is 194 Å². The SMILES string of the molecule is CCCCCCCCCCCCCCCC[N+](C)(CCCCCCCCCCCCCCCC)CCNC(=O)c1ccc(OC)cc1.[I-]. The number of halogens is 1. The number of nitrogens with one attached hydrogen (secondary N) is 1. The van der Waals surface area contributed by atoms with Gasteiger partial charge < -0.3 is 38.5 Å². The molecule has 0 unspecified atom stereocenters. The van der Waals surface area contributed by atoms with Gasteiger partial charge in [0.15, 0.2) is 0 Å². The number of nitrogens with zero attached hydrogens (tertiary/aromatic N) is 1. The Morgan fingerprint density at radius 1 is 0.521 bits per heavy atom. The Kier molecular flexibility index (Phi) is 34.0. The van der Waals surface area contributed by atoms with Crippen molar-refractivity contribution in [1.82, 2.24) is 5.32 Å². The van der Waals surface area contributed by atoms with Gasteiger partial charge in [-0.05, 0) is 49.9 Å². The lowest BCUT2D eigenvalue weighted by molar-refractivity contribution is -0.908. The summed E-state index contributed by atoms with van der Waals surface area (Å²) in [5.74, 6) is 0.805. The second kappa shape index (κ2) is 34.6. The maximum Gasteiger partial charge on any atom is 0.251 e. The molecule has 1 N–H and O–H groups in total. The highest BCUT2D eigenvalue weighted by atomic mass is 127. The van der Waals surface area contributed by atoms with Crippen LogP contribution in [0, 0.1) is 0 Å². The third kappa shape index (κ3) is 27.9. The molecule has 0 bridgehead atoms. The van der Waals surface area contributed by atoms with Gasteiger partial charge in [-0.2, -0.15) is 0 Å². The lowest BCUT2D eigenvalue weighted by Gasteiger charge is -2.35. The Morgan fingerprint density at radius 3 is 1.15 bits per heavy atom. The molecule has 0 fully saturated rings. The van der Waals surface area contributed by atoms with Gasteiger partial charge >= 0.3 is 0 Å². The van der Waals surface area contributed by atoms with Crippen molar-refractivity contribution in [2.24, 2.45) is 0 Å². The highest BCUT2D eigenvalue weighted by molar-refractivity contribution is 5.94. The molecule has 0 aliphatic rings. The van der Waals surface area contributed by atoms with Gasteiger partial charge in [0.2, 0.25) is 0 Å². The van der Waals surface area contributed by atoms with E-state index in [4.69, 9.17) is 4.74 Å². The van der Waals surface area contributed by atoms with E-state index < -0.39 is 0 Å². The second-order valence-corrected chi connectivity index (χ2v) is 15.0. The van der Waals surface area contributed by atoms with E-state index in [0.29, 0.717) is 5.56 Å². The monoisotopic (exact) mass is 785 g/mol. The van der Waals surface area contributed by atoms with Crippen molar-refractivity contribution in [3.8, 4) is 5.75 Å². The third-order valence-electron chi connectivity index (χ3n) is 10.4. The molecular formula is C43H81IN2O2. The molecule has 0 aliphatic heterocycles. The molecule has 0 saturated heterocycles. The molecule has 0 aliphatic carbocycles. The smallest absolute Gasteiger partial charge is 0.251 e. The Balaban J connectivity index is 0.0000221. The molecule has 1 amide bonds. The standard InChI is InChI=1S/C43H80N2O2.HI/c1-5-7-9-11-13-15-17-19-21-23-25-27-29-31-38-45(3,40-37-44-43(46)41-33-35-42(47-4)36-34-41)39-32-30-28-26-24-22-20-18-16-14-12-10-8-6-2;/h33-36H,5-32,37-40H2,1-4H3;1H. The van der Waals surface area contributed by atoms with Crippen LogP contribution in [0.2, 0.25) is 0 Å². The molecule has 282 valence electrons. The average Bonchev–Trinajstić information content (AvgIpc) is 3.08. The van der Waals surface area contributed by atoms with Crippen molar-refractivity contribution < 1.29 is 38.0 Å². The fraction of sp³-hybridized carbons (Fsp3) is 0.837. The van der Waals surface area contributed by atoms with Crippen LogP contribution in [0.25, 0.3) is 0 Å². The van der Waals surface area contributed by atoms with Crippen LogP contribution < -0.4 is 34.0 Å². The Morgan fingerprint density at radius 2 is 0.833 bits per heavy atom. The minimum absolute atomic E-state index is 0. The summed E-state index contributed by atoms with van der Waals surface area (Å²) < 4.78 is 6.33. The fourth-order valence-corrected chi connectivity index (χ4v) is 7.00. The number of rotatable bonds is 35. The highest BCUT2D eigenvalue weighted by Crippen LogP contribution is 2.17. The van der Waals surface area contributed by atoms with Gasteiger partial charge in [-0.1, -0.05) is 168 Å². The Hall–Kier alpha value is -0.820. The van der Waals surface area contributed by atoms with Crippen molar-refractivity contribution in [3.63, 3.8) is 0 Å². The van der Waals surface area contributed by atoms with Crippen LogP contribution in [-0.4, -0.2) is 50.7 Å². The van der Waals surface area contributed by atoms with E-state index >= 15 is 0 Å². The lowest BCUT2D eigenvalue weighted by atomic mass is 10.0. The first kappa shape index (κ1) is 47.2. The molecule has 0 aromatic heterocycles. The third-order valence-corrected chi connectivity index (χ3v) is 10.4. The largest absolute Gasteiger partial charge is 1.00 e. The second-order valence-electron chi connectivity index (χ2n) is 15.0.